The molecule has 1 aromatic heterocycles. The fourth-order valence-electron chi connectivity index (χ4n) is 1.55. The number of aryl methyl sites for hydroxylation is 1. The van der Waals surface area contributed by atoms with Gasteiger partial charge < -0.3 is 10.3 Å². The lowest BCUT2D eigenvalue weighted by Crippen LogP contribution is -2.16. The molecule has 2 aromatic rings. The van der Waals surface area contributed by atoms with Gasteiger partial charge in [0.05, 0.1) is 18.1 Å². The highest BCUT2D eigenvalue weighted by Crippen LogP contribution is 2.23. The molecule has 1 heterocycles. The maximum Gasteiger partial charge on any atom is 0.131 e. The largest absolute Gasteiger partial charge is 0.340 e. The van der Waals surface area contributed by atoms with E-state index >= 15 is 0 Å². The van der Waals surface area contributed by atoms with Gasteiger partial charge in [-0.15, -0.1) is 0 Å². The quantitative estimate of drug-likeness (QED) is 0.842. The number of nitrogens with zero attached hydrogens (tertiary/aromatic N) is 2. The van der Waals surface area contributed by atoms with Crippen LogP contribution >= 0.6 is 0 Å². The SMILES string of the molecule is Cn1cnc(C(N)c2c(F)cccc2F)c1. The third-order valence-corrected chi connectivity index (χ3v) is 2.35. The summed E-state index contributed by atoms with van der Waals surface area (Å²) in [6.45, 7) is 0. The minimum absolute atomic E-state index is 0.152. The number of hydrogen-bond donors (Lipinski definition) is 1. The van der Waals surface area contributed by atoms with E-state index in [4.69, 9.17) is 5.73 Å². The van der Waals surface area contributed by atoms with Gasteiger partial charge in [0.1, 0.15) is 11.6 Å². The van der Waals surface area contributed by atoms with Gasteiger partial charge in [0.2, 0.25) is 0 Å². The Labute approximate surface area is 91.5 Å². The second kappa shape index (κ2) is 4.02. The highest BCUT2D eigenvalue weighted by Gasteiger charge is 2.19. The molecule has 0 aliphatic rings. The van der Waals surface area contributed by atoms with Crippen molar-refractivity contribution in [1.82, 2.24) is 9.55 Å². The van der Waals surface area contributed by atoms with E-state index in [2.05, 4.69) is 4.98 Å². The van der Waals surface area contributed by atoms with E-state index in [1.165, 1.54) is 24.5 Å². The molecule has 0 spiro atoms. The molecule has 0 aliphatic heterocycles. The second-order valence-electron chi connectivity index (χ2n) is 3.58. The molecular formula is C11H11F2N3. The first-order valence-corrected chi connectivity index (χ1v) is 4.77. The van der Waals surface area contributed by atoms with Crippen LogP contribution in [0.4, 0.5) is 8.78 Å². The monoisotopic (exact) mass is 223 g/mol. The van der Waals surface area contributed by atoms with E-state index in [0.717, 1.165) is 0 Å². The predicted molar refractivity (Wildman–Crippen MR) is 55.6 cm³/mol. The van der Waals surface area contributed by atoms with Gasteiger partial charge >= 0.3 is 0 Å². The van der Waals surface area contributed by atoms with E-state index in [9.17, 15) is 8.78 Å². The molecule has 3 nitrogen and oxygen atoms in total. The van der Waals surface area contributed by atoms with E-state index in [1.54, 1.807) is 17.8 Å². The zero-order valence-electron chi connectivity index (χ0n) is 8.69. The molecule has 0 radical (unpaired) electrons. The average molecular weight is 223 g/mol. The van der Waals surface area contributed by atoms with Crippen LogP contribution in [0.1, 0.15) is 17.3 Å². The first kappa shape index (κ1) is 10.8. The first-order valence-electron chi connectivity index (χ1n) is 4.77. The molecule has 1 unspecified atom stereocenters. The van der Waals surface area contributed by atoms with Crippen LogP contribution in [-0.4, -0.2) is 9.55 Å². The van der Waals surface area contributed by atoms with Gasteiger partial charge in [0.25, 0.3) is 0 Å². The van der Waals surface area contributed by atoms with Crippen LogP contribution < -0.4 is 5.73 Å². The molecule has 0 saturated carbocycles. The second-order valence-corrected chi connectivity index (χ2v) is 3.58. The van der Waals surface area contributed by atoms with Crippen LogP contribution in [0.15, 0.2) is 30.7 Å². The lowest BCUT2D eigenvalue weighted by Gasteiger charge is -2.11. The van der Waals surface area contributed by atoms with Crippen molar-refractivity contribution in [2.75, 3.05) is 0 Å². The Kier molecular flexibility index (Phi) is 2.70. The van der Waals surface area contributed by atoms with Crippen molar-refractivity contribution < 1.29 is 8.78 Å². The highest BCUT2D eigenvalue weighted by molar-refractivity contribution is 5.29. The molecule has 0 fully saturated rings. The number of halogens is 2. The number of imidazole rings is 1. The smallest absolute Gasteiger partial charge is 0.131 e. The topological polar surface area (TPSA) is 43.8 Å². The maximum atomic E-state index is 13.4. The van der Waals surface area contributed by atoms with Crippen molar-refractivity contribution >= 4 is 0 Å². The van der Waals surface area contributed by atoms with Crippen LogP contribution in [0.3, 0.4) is 0 Å². The summed E-state index contributed by atoms with van der Waals surface area (Å²) >= 11 is 0. The molecule has 0 amide bonds. The normalized spacial score (nSPS) is 12.8. The summed E-state index contributed by atoms with van der Waals surface area (Å²) in [6.07, 6.45) is 3.17. The fraction of sp³-hybridized carbons (Fsp3) is 0.182. The van der Waals surface area contributed by atoms with Gasteiger partial charge in [-0.3, -0.25) is 0 Å². The van der Waals surface area contributed by atoms with E-state index < -0.39 is 17.7 Å². The molecular weight excluding hydrogens is 212 g/mol. The fourth-order valence-corrected chi connectivity index (χ4v) is 1.55. The Morgan fingerprint density at radius 3 is 2.44 bits per heavy atom. The van der Waals surface area contributed by atoms with Gasteiger partial charge in [0, 0.05) is 18.8 Å². The Morgan fingerprint density at radius 2 is 1.94 bits per heavy atom. The van der Waals surface area contributed by atoms with Crippen LogP contribution in [0.5, 0.6) is 0 Å². The number of hydrogen-bond acceptors (Lipinski definition) is 2. The molecule has 1 atom stereocenters. The Bertz CT molecular complexity index is 487. The van der Waals surface area contributed by atoms with Gasteiger partial charge in [-0.25, -0.2) is 13.8 Å². The maximum absolute atomic E-state index is 13.4. The van der Waals surface area contributed by atoms with Crippen LogP contribution in [0.25, 0.3) is 0 Å². The summed E-state index contributed by atoms with van der Waals surface area (Å²) in [7, 11) is 1.76. The van der Waals surface area contributed by atoms with Crippen LogP contribution in [0.2, 0.25) is 0 Å². The van der Waals surface area contributed by atoms with E-state index in [0.29, 0.717) is 5.69 Å². The molecule has 1 aromatic carbocycles. The van der Waals surface area contributed by atoms with Crippen LogP contribution in [-0.2, 0) is 7.05 Å². The summed E-state index contributed by atoms with van der Waals surface area (Å²) < 4.78 is 28.6. The predicted octanol–water partition coefficient (Wildman–Crippen LogP) is 1.75. The van der Waals surface area contributed by atoms with Crippen molar-refractivity contribution in [2.24, 2.45) is 12.8 Å². The average Bonchev–Trinajstić information content (AvgIpc) is 2.64. The summed E-state index contributed by atoms with van der Waals surface area (Å²) in [6, 6.07) is 2.78. The molecule has 0 aliphatic carbocycles. The van der Waals surface area contributed by atoms with E-state index in [1.807, 2.05) is 0 Å². The van der Waals surface area contributed by atoms with Crippen molar-refractivity contribution in [3.05, 3.63) is 53.6 Å². The highest BCUT2D eigenvalue weighted by atomic mass is 19.1. The van der Waals surface area contributed by atoms with Gasteiger partial charge in [-0.05, 0) is 12.1 Å². The van der Waals surface area contributed by atoms with Crippen LogP contribution in [0, 0.1) is 11.6 Å². The Hall–Kier alpha value is -1.75. The summed E-state index contributed by atoms with van der Waals surface area (Å²) in [5.74, 6) is -1.31. The molecule has 5 heteroatoms. The molecule has 2 rings (SSSR count). The number of rotatable bonds is 2. The zero-order valence-corrected chi connectivity index (χ0v) is 8.69. The minimum Gasteiger partial charge on any atom is -0.340 e. The van der Waals surface area contributed by atoms with Crippen molar-refractivity contribution in [3.8, 4) is 0 Å². The minimum atomic E-state index is -0.887. The summed E-state index contributed by atoms with van der Waals surface area (Å²) in [5.41, 5.74) is 6.06. The number of nitrogens with two attached hydrogens (primary N) is 1. The standard InChI is InChI=1S/C11H11F2N3/c1-16-5-9(15-6-16)11(14)10-7(12)3-2-4-8(10)13/h2-6,11H,14H2,1H3. The summed E-state index contributed by atoms with van der Waals surface area (Å²) in [5, 5.41) is 0. The lowest BCUT2D eigenvalue weighted by molar-refractivity contribution is 0.541. The molecule has 84 valence electrons. The molecule has 2 N–H and O–H groups in total. The van der Waals surface area contributed by atoms with Crippen molar-refractivity contribution in [2.45, 2.75) is 6.04 Å². The number of aromatic nitrogens is 2. The molecule has 0 bridgehead atoms. The Balaban J connectivity index is 2.45. The molecule has 16 heavy (non-hydrogen) atoms. The third kappa shape index (κ3) is 1.81. The van der Waals surface area contributed by atoms with Gasteiger partial charge in [-0.2, -0.15) is 0 Å². The Morgan fingerprint density at radius 1 is 1.31 bits per heavy atom. The first-order chi connectivity index (χ1) is 7.59. The summed E-state index contributed by atoms with van der Waals surface area (Å²) in [4.78, 5) is 3.98. The molecule has 0 saturated heterocycles. The third-order valence-electron chi connectivity index (χ3n) is 2.35. The van der Waals surface area contributed by atoms with Gasteiger partial charge in [-0.1, -0.05) is 6.07 Å². The van der Waals surface area contributed by atoms with Crippen molar-refractivity contribution in [1.29, 1.82) is 0 Å². The zero-order chi connectivity index (χ0) is 11.7. The van der Waals surface area contributed by atoms with E-state index in [-0.39, 0.29) is 5.56 Å². The van der Waals surface area contributed by atoms with Gasteiger partial charge in [0.15, 0.2) is 0 Å². The van der Waals surface area contributed by atoms with Crippen molar-refractivity contribution in [3.63, 3.8) is 0 Å². The lowest BCUT2D eigenvalue weighted by atomic mass is 10.0. The number of benzene rings is 1.